The summed E-state index contributed by atoms with van der Waals surface area (Å²) in [5.41, 5.74) is 3.50. The Labute approximate surface area is 167 Å². The highest BCUT2D eigenvalue weighted by Crippen LogP contribution is 2.39. The summed E-state index contributed by atoms with van der Waals surface area (Å²) in [7, 11) is -2.35. The molecule has 0 spiro atoms. The number of aromatic nitrogens is 2. The van der Waals surface area contributed by atoms with Gasteiger partial charge >= 0.3 is 10.2 Å². The van der Waals surface area contributed by atoms with Gasteiger partial charge in [-0.3, -0.25) is 14.4 Å². The minimum absolute atomic E-state index is 0.261. The SMILES string of the molecule is Cc1nn(C)c(C)c1CN1CCc2cc(O)c(N3CC(=O)NS3(=O)=O)c(F)c2C1. The molecule has 0 atom stereocenters. The highest BCUT2D eigenvalue weighted by Gasteiger charge is 2.39. The van der Waals surface area contributed by atoms with Crippen LogP contribution in [0.15, 0.2) is 6.07 Å². The van der Waals surface area contributed by atoms with E-state index in [1.54, 1.807) is 4.72 Å². The van der Waals surface area contributed by atoms with Crippen molar-refractivity contribution in [2.75, 3.05) is 17.4 Å². The maximum Gasteiger partial charge on any atom is 0.326 e. The molecular formula is C18H22FN5O4S. The smallest absolute Gasteiger partial charge is 0.326 e. The van der Waals surface area contributed by atoms with Crippen LogP contribution in [0.3, 0.4) is 0 Å². The second kappa shape index (κ2) is 6.70. The molecule has 2 aliphatic heterocycles. The normalized spacial score (nSPS) is 18.8. The van der Waals surface area contributed by atoms with Gasteiger partial charge in [0, 0.05) is 43.5 Å². The number of fused-ring (bicyclic) bond motifs is 1. The molecule has 2 aliphatic rings. The van der Waals surface area contributed by atoms with Crippen LogP contribution in [0.1, 0.15) is 28.1 Å². The summed E-state index contributed by atoms with van der Waals surface area (Å²) in [6, 6.07) is 1.39. The molecule has 2 N–H and O–H groups in total. The van der Waals surface area contributed by atoms with Crippen molar-refractivity contribution in [1.82, 2.24) is 19.4 Å². The van der Waals surface area contributed by atoms with Crippen LogP contribution in [-0.2, 0) is 41.6 Å². The van der Waals surface area contributed by atoms with Crippen molar-refractivity contribution in [3.8, 4) is 5.75 Å². The minimum atomic E-state index is -4.22. The lowest BCUT2D eigenvalue weighted by molar-refractivity contribution is -0.117. The fraction of sp³-hybridized carbons (Fsp3) is 0.444. The number of hydrogen-bond acceptors (Lipinski definition) is 6. The summed E-state index contributed by atoms with van der Waals surface area (Å²) < 4.78 is 43.8. The number of carbonyl (C=O) groups is 1. The Morgan fingerprint density at radius 2 is 2.03 bits per heavy atom. The van der Waals surface area contributed by atoms with E-state index in [1.807, 2.05) is 25.6 Å². The highest BCUT2D eigenvalue weighted by molar-refractivity contribution is 7.92. The van der Waals surface area contributed by atoms with Crippen LogP contribution < -0.4 is 9.03 Å². The number of benzene rings is 1. The molecule has 0 aliphatic carbocycles. The van der Waals surface area contributed by atoms with E-state index >= 15 is 4.39 Å². The zero-order chi connectivity index (χ0) is 21.1. The van der Waals surface area contributed by atoms with Gasteiger partial charge in [-0.15, -0.1) is 0 Å². The van der Waals surface area contributed by atoms with Crippen molar-refractivity contribution in [3.63, 3.8) is 0 Å². The molecule has 156 valence electrons. The molecule has 11 heteroatoms. The second-order valence-electron chi connectivity index (χ2n) is 7.47. The second-order valence-corrected chi connectivity index (χ2v) is 9.06. The van der Waals surface area contributed by atoms with Gasteiger partial charge in [0.1, 0.15) is 18.0 Å². The van der Waals surface area contributed by atoms with Gasteiger partial charge in [0.25, 0.3) is 5.91 Å². The molecule has 1 amide bonds. The Morgan fingerprint density at radius 1 is 1.31 bits per heavy atom. The zero-order valence-electron chi connectivity index (χ0n) is 16.4. The lowest BCUT2D eigenvalue weighted by Crippen LogP contribution is -2.33. The first-order valence-electron chi connectivity index (χ1n) is 9.16. The average molecular weight is 423 g/mol. The molecule has 1 saturated heterocycles. The van der Waals surface area contributed by atoms with Gasteiger partial charge in [-0.1, -0.05) is 0 Å². The number of phenolic OH excluding ortho intramolecular Hbond substituents is 1. The largest absolute Gasteiger partial charge is 0.506 e. The van der Waals surface area contributed by atoms with Crippen LogP contribution in [0.5, 0.6) is 5.75 Å². The number of halogens is 1. The van der Waals surface area contributed by atoms with Crippen LogP contribution >= 0.6 is 0 Å². The number of aryl methyl sites for hydroxylation is 2. The van der Waals surface area contributed by atoms with Crippen LogP contribution in [-0.4, -0.2) is 47.2 Å². The fourth-order valence-electron chi connectivity index (χ4n) is 3.98. The molecule has 1 aromatic heterocycles. The van der Waals surface area contributed by atoms with Crippen molar-refractivity contribution in [3.05, 3.63) is 40.0 Å². The van der Waals surface area contributed by atoms with Gasteiger partial charge in [-0.2, -0.15) is 13.5 Å². The Kier molecular flexibility index (Phi) is 4.54. The molecule has 0 radical (unpaired) electrons. The summed E-state index contributed by atoms with van der Waals surface area (Å²) in [4.78, 5) is 13.6. The number of hydrogen-bond donors (Lipinski definition) is 2. The molecule has 1 aromatic carbocycles. The van der Waals surface area contributed by atoms with E-state index in [2.05, 4.69) is 10.00 Å². The molecule has 2 aromatic rings. The van der Waals surface area contributed by atoms with Crippen LogP contribution in [0.4, 0.5) is 10.1 Å². The Hall–Kier alpha value is -2.66. The first kappa shape index (κ1) is 19.6. The third-order valence-electron chi connectivity index (χ3n) is 5.60. The van der Waals surface area contributed by atoms with Crippen LogP contribution in [0, 0.1) is 19.7 Å². The Bertz CT molecular complexity index is 1130. The first-order valence-corrected chi connectivity index (χ1v) is 10.6. The van der Waals surface area contributed by atoms with E-state index in [9.17, 15) is 18.3 Å². The lowest BCUT2D eigenvalue weighted by Gasteiger charge is -2.30. The molecule has 1 fully saturated rings. The molecule has 0 bridgehead atoms. The summed E-state index contributed by atoms with van der Waals surface area (Å²) in [6.45, 7) is 4.86. The number of phenols is 1. The van der Waals surface area contributed by atoms with E-state index in [-0.39, 0.29) is 6.54 Å². The van der Waals surface area contributed by atoms with Crippen molar-refractivity contribution in [1.29, 1.82) is 0 Å². The van der Waals surface area contributed by atoms with Gasteiger partial charge < -0.3 is 5.11 Å². The highest BCUT2D eigenvalue weighted by atomic mass is 32.2. The number of amides is 1. The summed E-state index contributed by atoms with van der Waals surface area (Å²) in [5, 5.41) is 14.7. The maximum absolute atomic E-state index is 15.4. The molecule has 3 heterocycles. The van der Waals surface area contributed by atoms with E-state index < -0.39 is 39.9 Å². The third kappa shape index (κ3) is 3.23. The van der Waals surface area contributed by atoms with Crippen LogP contribution in [0.25, 0.3) is 0 Å². The number of aromatic hydroxyl groups is 1. The van der Waals surface area contributed by atoms with E-state index in [0.29, 0.717) is 34.9 Å². The number of carbonyl (C=O) groups excluding carboxylic acids is 1. The van der Waals surface area contributed by atoms with E-state index in [4.69, 9.17) is 0 Å². The quantitative estimate of drug-likeness (QED) is 0.750. The summed E-state index contributed by atoms with van der Waals surface area (Å²) >= 11 is 0. The number of nitrogens with one attached hydrogen (secondary N) is 1. The topological polar surface area (TPSA) is 108 Å². The van der Waals surface area contributed by atoms with Gasteiger partial charge in [0.05, 0.1) is 5.69 Å². The predicted molar refractivity (Wildman–Crippen MR) is 103 cm³/mol. The van der Waals surface area contributed by atoms with Gasteiger partial charge in [-0.05, 0) is 31.9 Å². The maximum atomic E-state index is 15.4. The van der Waals surface area contributed by atoms with Crippen molar-refractivity contribution in [2.24, 2.45) is 7.05 Å². The zero-order valence-corrected chi connectivity index (χ0v) is 17.2. The Morgan fingerprint density at radius 3 is 2.62 bits per heavy atom. The van der Waals surface area contributed by atoms with Gasteiger partial charge in [-0.25, -0.2) is 13.4 Å². The van der Waals surface area contributed by atoms with Gasteiger partial charge in [0.2, 0.25) is 0 Å². The third-order valence-corrected chi connectivity index (χ3v) is 6.98. The summed E-state index contributed by atoms with van der Waals surface area (Å²) in [5.74, 6) is -2.08. The Balaban J connectivity index is 1.68. The molecule has 29 heavy (non-hydrogen) atoms. The monoisotopic (exact) mass is 423 g/mol. The van der Waals surface area contributed by atoms with Crippen molar-refractivity contribution >= 4 is 21.8 Å². The van der Waals surface area contributed by atoms with Crippen molar-refractivity contribution < 1.29 is 22.7 Å². The molecule has 4 rings (SSSR count). The van der Waals surface area contributed by atoms with E-state index in [1.165, 1.54) is 6.07 Å². The first-order chi connectivity index (χ1) is 13.6. The van der Waals surface area contributed by atoms with E-state index in [0.717, 1.165) is 17.0 Å². The van der Waals surface area contributed by atoms with Crippen molar-refractivity contribution in [2.45, 2.75) is 33.4 Å². The standard InChI is InChI=1S/C18H22FN5O4S/c1-10-13(11(2)22(3)20-10)7-23-5-4-12-6-15(25)18(17(19)14(12)8-23)24-9-16(26)21-29(24,27)28/h6,25H,4-5,7-9H2,1-3H3,(H,21,26). The molecule has 0 unspecified atom stereocenters. The average Bonchev–Trinajstić information content (AvgIpc) is 3.03. The lowest BCUT2D eigenvalue weighted by atomic mass is 9.97. The number of nitrogens with zero attached hydrogens (tertiary/aromatic N) is 4. The van der Waals surface area contributed by atoms with Gasteiger partial charge in [0.15, 0.2) is 5.82 Å². The van der Waals surface area contributed by atoms with Crippen LogP contribution in [0.2, 0.25) is 0 Å². The molecular weight excluding hydrogens is 401 g/mol. The number of anilines is 1. The summed E-state index contributed by atoms with van der Waals surface area (Å²) in [6.07, 6.45) is 0.516. The predicted octanol–water partition coefficient (Wildman–Crippen LogP) is 0.621. The fourth-order valence-corrected chi connectivity index (χ4v) is 5.14. The molecule has 0 saturated carbocycles. The number of rotatable bonds is 3. The minimum Gasteiger partial charge on any atom is -0.506 e. The molecule has 9 nitrogen and oxygen atoms in total.